The summed E-state index contributed by atoms with van der Waals surface area (Å²) in [5.41, 5.74) is 0.303. The van der Waals surface area contributed by atoms with E-state index in [1.165, 1.54) is 7.11 Å². The zero-order chi connectivity index (χ0) is 15.3. The summed E-state index contributed by atoms with van der Waals surface area (Å²) < 4.78 is 10.5. The average molecular weight is 313 g/mol. The van der Waals surface area contributed by atoms with Gasteiger partial charge >= 0.3 is 0 Å². The van der Waals surface area contributed by atoms with Crippen LogP contribution in [0.25, 0.3) is 0 Å². The monoisotopic (exact) mass is 312 g/mol. The number of methoxy groups -OCH3 is 2. The Bertz CT molecular complexity index is 502. The number of benzene rings is 1. The first-order valence-electron chi connectivity index (χ1n) is 6.96. The second-order valence-electron chi connectivity index (χ2n) is 5.27. The van der Waals surface area contributed by atoms with E-state index in [-0.39, 0.29) is 11.4 Å². The van der Waals surface area contributed by atoms with Crippen LogP contribution >= 0.6 is 11.6 Å². The smallest absolute Gasteiger partial charge is 0.255 e. The number of amides is 1. The van der Waals surface area contributed by atoms with E-state index >= 15 is 0 Å². The Hall–Kier alpha value is -1.30. The molecule has 1 aromatic carbocycles. The molecule has 1 aliphatic rings. The Morgan fingerprint density at radius 3 is 2.90 bits per heavy atom. The van der Waals surface area contributed by atoms with E-state index in [9.17, 15) is 4.79 Å². The SMILES string of the molecule is COCC1(CNC(=O)c2ccc(Cl)cc2OC)CCCN1. The minimum absolute atomic E-state index is 0.173. The van der Waals surface area contributed by atoms with Crippen LogP contribution in [0.15, 0.2) is 18.2 Å². The molecule has 1 aliphatic heterocycles. The number of halogens is 1. The molecule has 1 saturated heterocycles. The van der Waals surface area contributed by atoms with Crippen molar-refractivity contribution < 1.29 is 14.3 Å². The first kappa shape index (κ1) is 16.1. The van der Waals surface area contributed by atoms with E-state index in [0.717, 1.165) is 19.4 Å². The zero-order valence-corrected chi connectivity index (χ0v) is 13.1. The summed E-state index contributed by atoms with van der Waals surface area (Å²) in [7, 11) is 3.19. The van der Waals surface area contributed by atoms with Gasteiger partial charge in [0.1, 0.15) is 5.75 Å². The Balaban J connectivity index is 2.04. The van der Waals surface area contributed by atoms with Crippen LogP contribution in [0, 0.1) is 0 Å². The second-order valence-corrected chi connectivity index (χ2v) is 5.71. The normalized spacial score (nSPS) is 21.3. The van der Waals surface area contributed by atoms with Crippen LogP contribution in [0.3, 0.4) is 0 Å². The minimum atomic E-state index is -0.177. The van der Waals surface area contributed by atoms with Gasteiger partial charge in [-0.25, -0.2) is 0 Å². The third-order valence-electron chi connectivity index (χ3n) is 3.75. The fourth-order valence-corrected chi connectivity index (χ4v) is 2.83. The number of ether oxygens (including phenoxy) is 2. The first-order chi connectivity index (χ1) is 10.1. The van der Waals surface area contributed by atoms with Crippen molar-refractivity contribution in [3.05, 3.63) is 28.8 Å². The van der Waals surface area contributed by atoms with Crippen LogP contribution in [0.5, 0.6) is 5.75 Å². The lowest BCUT2D eigenvalue weighted by Crippen LogP contribution is -2.53. The molecule has 116 valence electrons. The van der Waals surface area contributed by atoms with Gasteiger partial charge in [0.25, 0.3) is 5.91 Å². The van der Waals surface area contributed by atoms with Crippen LogP contribution in [0.2, 0.25) is 5.02 Å². The molecule has 1 amide bonds. The Labute approximate surface area is 130 Å². The van der Waals surface area contributed by atoms with Crippen LogP contribution in [-0.2, 0) is 4.74 Å². The second kappa shape index (κ2) is 7.11. The minimum Gasteiger partial charge on any atom is -0.496 e. The predicted octanol–water partition coefficient (Wildman–Crippen LogP) is 1.85. The molecule has 0 aromatic heterocycles. The van der Waals surface area contributed by atoms with Gasteiger partial charge < -0.3 is 20.1 Å². The molecule has 0 aliphatic carbocycles. The highest BCUT2D eigenvalue weighted by Gasteiger charge is 2.34. The van der Waals surface area contributed by atoms with Gasteiger partial charge in [0.05, 0.1) is 24.8 Å². The summed E-state index contributed by atoms with van der Waals surface area (Å²) in [5, 5.41) is 6.92. The summed E-state index contributed by atoms with van der Waals surface area (Å²) >= 11 is 5.91. The topological polar surface area (TPSA) is 59.6 Å². The molecule has 6 heteroatoms. The summed E-state index contributed by atoms with van der Waals surface area (Å²) in [6, 6.07) is 4.98. The number of carbonyl (C=O) groups excluding carboxylic acids is 1. The summed E-state index contributed by atoms with van der Waals surface area (Å²) in [5.74, 6) is 0.299. The van der Waals surface area contributed by atoms with Crippen molar-refractivity contribution >= 4 is 17.5 Å². The van der Waals surface area contributed by atoms with Gasteiger partial charge in [-0.2, -0.15) is 0 Å². The Morgan fingerprint density at radius 1 is 1.48 bits per heavy atom. The van der Waals surface area contributed by atoms with Gasteiger partial charge in [0.15, 0.2) is 0 Å². The highest BCUT2D eigenvalue weighted by Crippen LogP contribution is 2.24. The number of nitrogens with one attached hydrogen (secondary N) is 2. The third-order valence-corrected chi connectivity index (χ3v) is 3.98. The van der Waals surface area contributed by atoms with Gasteiger partial charge in [-0.15, -0.1) is 0 Å². The molecule has 0 spiro atoms. The van der Waals surface area contributed by atoms with Crippen LogP contribution in [0.1, 0.15) is 23.2 Å². The fraction of sp³-hybridized carbons (Fsp3) is 0.533. The maximum Gasteiger partial charge on any atom is 0.255 e. The van der Waals surface area contributed by atoms with E-state index in [2.05, 4.69) is 10.6 Å². The van der Waals surface area contributed by atoms with Crippen molar-refractivity contribution in [3.8, 4) is 5.75 Å². The van der Waals surface area contributed by atoms with Gasteiger partial charge in [-0.1, -0.05) is 11.6 Å². The molecule has 2 N–H and O–H groups in total. The largest absolute Gasteiger partial charge is 0.496 e. The van der Waals surface area contributed by atoms with Crippen molar-refractivity contribution in [2.75, 3.05) is 33.9 Å². The van der Waals surface area contributed by atoms with Crippen LogP contribution in [-0.4, -0.2) is 45.4 Å². The maximum absolute atomic E-state index is 12.3. The highest BCUT2D eigenvalue weighted by atomic mass is 35.5. The third kappa shape index (κ3) is 3.87. The average Bonchev–Trinajstić information content (AvgIpc) is 2.94. The standard InChI is InChI=1S/C15H21ClN2O3/c1-20-10-15(6-3-7-18-15)9-17-14(19)12-5-4-11(16)8-13(12)21-2/h4-5,8,18H,3,6-7,9-10H2,1-2H3,(H,17,19). The number of hydrogen-bond acceptors (Lipinski definition) is 4. The van der Waals surface area contributed by atoms with Gasteiger partial charge in [0, 0.05) is 18.7 Å². The van der Waals surface area contributed by atoms with Crippen molar-refractivity contribution in [2.24, 2.45) is 0 Å². The maximum atomic E-state index is 12.3. The van der Waals surface area contributed by atoms with E-state index in [4.69, 9.17) is 21.1 Å². The molecule has 1 fully saturated rings. The number of hydrogen-bond donors (Lipinski definition) is 2. The van der Waals surface area contributed by atoms with Crippen LogP contribution in [0.4, 0.5) is 0 Å². The lowest BCUT2D eigenvalue weighted by molar-refractivity contribution is 0.0889. The molecule has 21 heavy (non-hydrogen) atoms. The molecule has 1 unspecified atom stereocenters. The van der Waals surface area contributed by atoms with E-state index < -0.39 is 0 Å². The Morgan fingerprint density at radius 2 is 2.29 bits per heavy atom. The predicted molar refractivity (Wildman–Crippen MR) is 82.2 cm³/mol. The number of rotatable bonds is 6. The molecule has 0 bridgehead atoms. The molecule has 5 nitrogen and oxygen atoms in total. The lowest BCUT2D eigenvalue weighted by atomic mass is 9.98. The molecule has 2 rings (SSSR count). The fourth-order valence-electron chi connectivity index (χ4n) is 2.67. The summed E-state index contributed by atoms with van der Waals surface area (Å²) in [4.78, 5) is 12.3. The molecule has 1 aromatic rings. The lowest BCUT2D eigenvalue weighted by Gasteiger charge is -2.29. The molecule has 1 heterocycles. The van der Waals surface area contributed by atoms with Gasteiger partial charge in [0.2, 0.25) is 0 Å². The van der Waals surface area contributed by atoms with Gasteiger partial charge in [-0.05, 0) is 37.6 Å². The highest BCUT2D eigenvalue weighted by molar-refractivity contribution is 6.30. The Kier molecular flexibility index (Phi) is 5.45. The van der Waals surface area contributed by atoms with Crippen molar-refractivity contribution in [1.82, 2.24) is 10.6 Å². The molecular formula is C15H21ClN2O3. The van der Waals surface area contributed by atoms with Crippen molar-refractivity contribution in [1.29, 1.82) is 0 Å². The van der Waals surface area contributed by atoms with Crippen LogP contribution < -0.4 is 15.4 Å². The number of carbonyl (C=O) groups is 1. The van der Waals surface area contributed by atoms with Gasteiger partial charge in [-0.3, -0.25) is 4.79 Å². The van der Waals surface area contributed by atoms with Crippen molar-refractivity contribution in [3.63, 3.8) is 0 Å². The summed E-state index contributed by atoms with van der Waals surface area (Å²) in [6.45, 7) is 2.04. The van der Waals surface area contributed by atoms with Crippen molar-refractivity contribution in [2.45, 2.75) is 18.4 Å². The first-order valence-corrected chi connectivity index (χ1v) is 7.34. The summed E-state index contributed by atoms with van der Waals surface area (Å²) in [6.07, 6.45) is 2.07. The molecular weight excluding hydrogens is 292 g/mol. The van der Waals surface area contributed by atoms with E-state index in [1.807, 2.05) is 0 Å². The zero-order valence-electron chi connectivity index (χ0n) is 12.4. The molecule has 1 atom stereocenters. The van der Waals surface area contributed by atoms with E-state index in [0.29, 0.717) is 29.5 Å². The molecule has 0 saturated carbocycles. The van der Waals surface area contributed by atoms with E-state index in [1.54, 1.807) is 25.3 Å². The quantitative estimate of drug-likeness (QED) is 0.841. The molecule has 0 radical (unpaired) electrons.